The number of hydrogen-bond acceptors (Lipinski definition) is 3. The first-order chi connectivity index (χ1) is 7.47. The van der Waals surface area contributed by atoms with Gasteiger partial charge in [0.15, 0.2) is 0 Å². The van der Waals surface area contributed by atoms with E-state index in [1.807, 2.05) is 6.26 Å². The van der Waals surface area contributed by atoms with E-state index < -0.39 is 18.0 Å². The second-order valence-electron chi connectivity index (χ2n) is 3.02. The summed E-state index contributed by atoms with van der Waals surface area (Å²) >= 11 is 6.97. The molecule has 0 aromatic rings. The van der Waals surface area contributed by atoms with Gasteiger partial charge in [0.1, 0.15) is 6.04 Å². The summed E-state index contributed by atoms with van der Waals surface area (Å²) in [7, 11) is 0. The Morgan fingerprint density at radius 2 is 2.19 bits per heavy atom. The molecule has 0 fully saturated rings. The van der Waals surface area contributed by atoms with Crippen LogP contribution in [0.25, 0.3) is 0 Å². The minimum atomic E-state index is -1.05. The van der Waals surface area contributed by atoms with Gasteiger partial charge >= 0.3 is 12.0 Å². The highest BCUT2D eigenvalue weighted by Crippen LogP contribution is 2.01. The van der Waals surface area contributed by atoms with Crippen LogP contribution in [0, 0.1) is 0 Å². The summed E-state index contributed by atoms with van der Waals surface area (Å²) in [6.45, 7) is 3.51. The Morgan fingerprint density at radius 1 is 1.56 bits per heavy atom. The quantitative estimate of drug-likeness (QED) is 0.648. The number of carboxylic acids is 1. The first-order valence-electron chi connectivity index (χ1n) is 4.56. The first-order valence-corrected chi connectivity index (χ1v) is 6.34. The van der Waals surface area contributed by atoms with E-state index in [9.17, 15) is 9.59 Å². The molecule has 2 amide bonds. The van der Waals surface area contributed by atoms with Crippen molar-refractivity contribution >= 4 is 35.4 Å². The van der Waals surface area contributed by atoms with Crippen molar-refractivity contribution in [3.63, 3.8) is 0 Å². The molecule has 92 valence electrons. The van der Waals surface area contributed by atoms with Gasteiger partial charge < -0.3 is 15.7 Å². The van der Waals surface area contributed by atoms with Crippen molar-refractivity contribution < 1.29 is 14.7 Å². The predicted molar refractivity (Wildman–Crippen MR) is 66.0 cm³/mol. The number of carbonyl (C=O) groups is 2. The molecule has 3 N–H and O–H groups in total. The second kappa shape index (κ2) is 8.29. The molecule has 0 bridgehead atoms. The van der Waals surface area contributed by atoms with E-state index in [2.05, 4.69) is 17.2 Å². The third kappa shape index (κ3) is 7.42. The second-order valence-corrected chi connectivity index (χ2v) is 4.54. The van der Waals surface area contributed by atoms with Crippen molar-refractivity contribution in [3.05, 3.63) is 11.6 Å². The Kier molecular flexibility index (Phi) is 7.84. The molecule has 0 unspecified atom stereocenters. The molecule has 0 rings (SSSR count). The van der Waals surface area contributed by atoms with E-state index in [1.165, 1.54) is 11.8 Å². The van der Waals surface area contributed by atoms with Crippen molar-refractivity contribution in [2.75, 3.05) is 18.6 Å². The maximum atomic E-state index is 11.2. The van der Waals surface area contributed by atoms with E-state index in [1.54, 1.807) is 0 Å². The summed E-state index contributed by atoms with van der Waals surface area (Å²) in [5, 5.41) is 13.9. The topological polar surface area (TPSA) is 78.4 Å². The molecule has 16 heavy (non-hydrogen) atoms. The van der Waals surface area contributed by atoms with Crippen molar-refractivity contribution in [3.8, 4) is 0 Å². The fourth-order valence-electron chi connectivity index (χ4n) is 0.879. The molecule has 5 nitrogen and oxygen atoms in total. The van der Waals surface area contributed by atoms with Crippen molar-refractivity contribution in [1.29, 1.82) is 0 Å². The average molecular weight is 267 g/mol. The Bertz CT molecular complexity index is 273. The lowest BCUT2D eigenvalue weighted by molar-refractivity contribution is -0.139. The van der Waals surface area contributed by atoms with E-state index in [0.717, 1.165) is 0 Å². The summed E-state index contributed by atoms with van der Waals surface area (Å²) in [6, 6.07) is -1.44. The van der Waals surface area contributed by atoms with Crippen LogP contribution in [0.1, 0.15) is 6.42 Å². The van der Waals surface area contributed by atoms with Crippen LogP contribution in [-0.2, 0) is 4.79 Å². The zero-order valence-corrected chi connectivity index (χ0v) is 10.5. The number of hydrogen-bond donors (Lipinski definition) is 3. The Balaban J connectivity index is 4.02. The monoisotopic (exact) mass is 266 g/mol. The fraction of sp³-hybridized carbons (Fsp3) is 0.556. The largest absolute Gasteiger partial charge is 0.480 e. The number of carboxylic acid groups (broad SMARTS) is 1. The van der Waals surface area contributed by atoms with Crippen LogP contribution in [0.15, 0.2) is 11.6 Å². The van der Waals surface area contributed by atoms with Crippen LogP contribution in [0.4, 0.5) is 4.79 Å². The maximum absolute atomic E-state index is 11.2. The summed E-state index contributed by atoms with van der Waals surface area (Å²) in [6.07, 6.45) is 2.25. The lowest BCUT2D eigenvalue weighted by Crippen LogP contribution is -2.46. The third-order valence-corrected chi connectivity index (χ3v) is 2.43. The number of halogens is 1. The molecule has 1 atom stereocenters. The zero-order chi connectivity index (χ0) is 12.6. The van der Waals surface area contributed by atoms with E-state index in [-0.39, 0.29) is 11.6 Å². The Hall–Kier alpha value is -0.880. The van der Waals surface area contributed by atoms with Crippen LogP contribution in [0.2, 0.25) is 0 Å². The molecule has 0 aliphatic rings. The first kappa shape index (κ1) is 15.1. The number of thioether (sulfide) groups is 1. The van der Waals surface area contributed by atoms with Crippen LogP contribution < -0.4 is 10.6 Å². The highest BCUT2D eigenvalue weighted by atomic mass is 35.5. The molecule has 0 aliphatic carbocycles. The zero-order valence-electron chi connectivity index (χ0n) is 8.96. The minimum Gasteiger partial charge on any atom is -0.480 e. The van der Waals surface area contributed by atoms with Gasteiger partial charge in [-0.25, -0.2) is 9.59 Å². The minimum absolute atomic E-state index is 0.113. The summed E-state index contributed by atoms with van der Waals surface area (Å²) in [4.78, 5) is 22.0. The van der Waals surface area contributed by atoms with Gasteiger partial charge in [-0.1, -0.05) is 18.2 Å². The molecule has 0 spiro atoms. The number of urea groups is 1. The SMILES string of the molecule is C=C(Cl)CNC(=O)N[C@H](CCSC)C(=O)O. The molecule has 7 heteroatoms. The molecular formula is C9H15ClN2O3S. The Morgan fingerprint density at radius 3 is 2.62 bits per heavy atom. The van der Waals surface area contributed by atoms with Crippen LogP contribution in [0.5, 0.6) is 0 Å². The van der Waals surface area contributed by atoms with Crippen LogP contribution >= 0.6 is 23.4 Å². The number of nitrogens with one attached hydrogen (secondary N) is 2. The van der Waals surface area contributed by atoms with Gasteiger partial charge in [-0.05, 0) is 18.4 Å². The normalized spacial score (nSPS) is 11.6. The van der Waals surface area contributed by atoms with Gasteiger partial charge in [0.25, 0.3) is 0 Å². The lowest BCUT2D eigenvalue weighted by atomic mass is 10.2. The highest BCUT2D eigenvalue weighted by Gasteiger charge is 2.18. The average Bonchev–Trinajstić information content (AvgIpc) is 2.20. The van der Waals surface area contributed by atoms with E-state index in [0.29, 0.717) is 12.2 Å². The summed E-state index contributed by atoms with van der Waals surface area (Å²) < 4.78 is 0. The van der Waals surface area contributed by atoms with Crippen molar-refractivity contribution in [2.24, 2.45) is 0 Å². The number of amides is 2. The molecule has 0 heterocycles. The van der Waals surface area contributed by atoms with Crippen LogP contribution in [-0.4, -0.2) is 41.7 Å². The third-order valence-electron chi connectivity index (χ3n) is 1.65. The van der Waals surface area contributed by atoms with Gasteiger partial charge in [0.05, 0.1) is 6.54 Å². The van der Waals surface area contributed by atoms with Gasteiger partial charge in [0, 0.05) is 5.03 Å². The molecule has 0 saturated heterocycles. The molecule has 0 aromatic heterocycles. The van der Waals surface area contributed by atoms with Gasteiger partial charge in [0.2, 0.25) is 0 Å². The molecular weight excluding hydrogens is 252 g/mol. The summed E-state index contributed by atoms with van der Waals surface area (Å²) in [5.41, 5.74) is 0. The van der Waals surface area contributed by atoms with Crippen molar-refractivity contribution in [2.45, 2.75) is 12.5 Å². The maximum Gasteiger partial charge on any atom is 0.326 e. The highest BCUT2D eigenvalue weighted by molar-refractivity contribution is 7.98. The van der Waals surface area contributed by atoms with Gasteiger partial charge in [-0.15, -0.1) is 0 Å². The predicted octanol–water partition coefficient (Wildman–Crippen LogP) is 1.24. The summed E-state index contributed by atoms with van der Waals surface area (Å²) in [5.74, 6) is -0.381. The standard InChI is InChI=1S/C9H15ClN2O3S/c1-6(10)5-11-9(15)12-7(8(13)14)3-4-16-2/h7H,1,3-5H2,2H3,(H,13,14)(H2,11,12,15)/t7-/m1/s1. The smallest absolute Gasteiger partial charge is 0.326 e. The molecule has 0 saturated carbocycles. The molecule has 0 aromatic carbocycles. The Labute approximate surface area is 104 Å². The van der Waals surface area contributed by atoms with E-state index >= 15 is 0 Å². The van der Waals surface area contributed by atoms with Crippen molar-refractivity contribution in [1.82, 2.24) is 10.6 Å². The van der Waals surface area contributed by atoms with Gasteiger partial charge in [-0.3, -0.25) is 0 Å². The fourth-order valence-corrected chi connectivity index (χ4v) is 1.42. The lowest BCUT2D eigenvalue weighted by Gasteiger charge is -2.14. The number of aliphatic carboxylic acids is 1. The van der Waals surface area contributed by atoms with Crippen LogP contribution in [0.3, 0.4) is 0 Å². The molecule has 0 radical (unpaired) electrons. The molecule has 0 aliphatic heterocycles. The van der Waals surface area contributed by atoms with Gasteiger partial charge in [-0.2, -0.15) is 11.8 Å². The van der Waals surface area contributed by atoms with E-state index in [4.69, 9.17) is 16.7 Å². The number of carbonyl (C=O) groups excluding carboxylic acids is 1. The number of rotatable bonds is 7.